The third kappa shape index (κ3) is 5.11. The molecule has 3 aliphatic rings. The van der Waals surface area contributed by atoms with Crippen molar-refractivity contribution in [2.45, 2.75) is 38.5 Å². The van der Waals surface area contributed by atoms with E-state index in [0.717, 1.165) is 69.1 Å². The van der Waals surface area contributed by atoms with Gasteiger partial charge in [0.2, 0.25) is 6.29 Å². The molecule has 3 heterocycles. The minimum Gasteiger partial charge on any atom is -0.301 e. The second kappa shape index (κ2) is 11.8. The molecule has 208 valence electrons. The summed E-state index contributed by atoms with van der Waals surface area (Å²) in [6, 6.07) is 30.0. The minimum absolute atomic E-state index is 0.107. The summed E-state index contributed by atoms with van der Waals surface area (Å²) >= 11 is 0. The lowest BCUT2D eigenvalue weighted by atomic mass is 9.96. The predicted octanol–water partition coefficient (Wildman–Crippen LogP) is 5.09. The summed E-state index contributed by atoms with van der Waals surface area (Å²) in [6.07, 6.45) is 2.68. The highest BCUT2D eigenvalue weighted by Gasteiger charge is 2.44. The number of anilines is 1. The maximum absolute atomic E-state index is 13.6. The van der Waals surface area contributed by atoms with E-state index >= 15 is 0 Å². The van der Waals surface area contributed by atoms with Gasteiger partial charge in [0, 0.05) is 46.2 Å². The second-order valence-electron chi connectivity index (χ2n) is 11.0. The van der Waals surface area contributed by atoms with Gasteiger partial charge in [-0.1, -0.05) is 79.7 Å². The van der Waals surface area contributed by atoms with Crippen LogP contribution < -0.4 is 4.90 Å². The molecule has 0 radical (unpaired) electrons. The number of amides is 1. The molecule has 1 fully saturated rings. The first kappa shape index (κ1) is 26.5. The SMILES string of the molecule is CCCC1=NN(C)C2N(CCCN3CCN(C(c4ccccc4)c4ccccc4)CC3)C(=O)c3ccccc3N12. The average molecular weight is 537 g/mol. The lowest BCUT2D eigenvalue weighted by Crippen LogP contribution is -2.59. The van der Waals surface area contributed by atoms with E-state index in [2.05, 4.69) is 88.4 Å². The van der Waals surface area contributed by atoms with Crippen LogP contribution in [0.15, 0.2) is 90.0 Å². The van der Waals surface area contributed by atoms with E-state index in [9.17, 15) is 4.79 Å². The number of rotatable bonds is 9. The molecule has 0 bridgehead atoms. The molecule has 1 saturated heterocycles. The van der Waals surface area contributed by atoms with Gasteiger partial charge in [0.1, 0.15) is 5.84 Å². The number of piperazine rings is 1. The molecular formula is C33H40N6O. The van der Waals surface area contributed by atoms with Crippen molar-refractivity contribution in [1.82, 2.24) is 19.7 Å². The molecule has 0 spiro atoms. The maximum Gasteiger partial charge on any atom is 0.259 e. The quantitative estimate of drug-likeness (QED) is 0.381. The van der Waals surface area contributed by atoms with Crippen LogP contribution >= 0.6 is 0 Å². The van der Waals surface area contributed by atoms with Crippen LogP contribution in [0, 0.1) is 0 Å². The minimum atomic E-state index is -0.182. The maximum atomic E-state index is 13.6. The van der Waals surface area contributed by atoms with Crippen molar-refractivity contribution in [3.63, 3.8) is 0 Å². The highest BCUT2D eigenvalue weighted by molar-refractivity contribution is 6.10. The van der Waals surface area contributed by atoms with Gasteiger partial charge in [-0.15, -0.1) is 0 Å². The Hall–Kier alpha value is -3.68. The highest BCUT2D eigenvalue weighted by atomic mass is 16.2. The molecule has 0 N–H and O–H groups in total. The summed E-state index contributed by atoms with van der Waals surface area (Å²) in [6.45, 7) is 7.99. The van der Waals surface area contributed by atoms with Gasteiger partial charge in [-0.05, 0) is 42.6 Å². The van der Waals surface area contributed by atoms with Gasteiger partial charge in [0.25, 0.3) is 5.91 Å². The van der Waals surface area contributed by atoms with Crippen molar-refractivity contribution in [2.75, 3.05) is 51.2 Å². The number of nitrogens with zero attached hydrogens (tertiary/aromatic N) is 6. The Labute approximate surface area is 238 Å². The van der Waals surface area contributed by atoms with Gasteiger partial charge >= 0.3 is 0 Å². The van der Waals surface area contributed by atoms with Crippen LogP contribution in [0.1, 0.15) is 53.7 Å². The number of carbonyl (C=O) groups is 1. The number of para-hydroxylation sites is 1. The fourth-order valence-electron chi connectivity index (χ4n) is 6.52. The summed E-state index contributed by atoms with van der Waals surface area (Å²) in [5.41, 5.74) is 4.45. The van der Waals surface area contributed by atoms with Gasteiger partial charge in [0.15, 0.2) is 0 Å². The summed E-state index contributed by atoms with van der Waals surface area (Å²) in [4.78, 5) is 23.1. The summed E-state index contributed by atoms with van der Waals surface area (Å²) in [5.74, 6) is 1.15. The van der Waals surface area contributed by atoms with Crippen molar-refractivity contribution >= 4 is 17.4 Å². The molecule has 0 aromatic heterocycles. The number of amidine groups is 1. The average Bonchev–Trinajstić information content (AvgIpc) is 3.32. The highest BCUT2D eigenvalue weighted by Crippen LogP contribution is 2.36. The first-order valence-electron chi connectivity index (χ1n) is 14.7. The first-order chi connectivity index (χ1) is 19.7. The Morgan fingerprint density at radius 3 is 2.10 bits per heavy atom. The Kier molecular flexibility index (Phi) is 7.84. The zero-order chi connectivity index (χ0) is 27.5. The van der Waals surface area contributed by atoms with Crippen LogP contribution in [0.5, 0.6) is 0 Å². The van der Waals surface area contributed by atoms with Crippen molar-refractivity contribution in [2.24, 2.45) is 5.10 Å². The standard InChI is InChI=1S/C33H40N6O/c1-3-13-30-34-35(2)33-38(32(40)28-18-10-11-19-29(28)39(30)33)21-12-20-36-22-24-37(25-23-36)31(26-14-6-4-7-15-26)27-16-8-5-9-17-27/h4-11,14-19,31,33H,3,12-13,20-25H2,1-2H3. The fourth-order valence-corrected chi connectivity index (χ4v) is 6.52. The topological polar surface area (TPSA) is 45.6 Å². The monoisotopic (exact) mass is 536 g/mol. The van der Waals surface area contributed by atoms with E-state index in [4.69, 9.17) is 5.10 Å². The van der Waals surface area contributed by atoms with Crippen molar-refractivity contribution in [1.29, 1.82) is 0 Å². The van der Waals surface area contributed by atoms with E-state index in [1.54, 1.807) is 0 Å². The molecule has 7 heteroatoms. The Morgan fingerprint density at radius 2 is 1.45 bits per heavy atom. The first-order valence-corrected chi connectivity index (χ1v) is 14.7. The smallest absolute Gasteiger partial charge is 0.259 e. The Morgan fingerprint density at radius 1 is 0.825 bits per heavy atom. The van der Waals surface area contributed by atoms with Crippen LogP contribution in [0.2, 0.25) is 0 Å². The van der Waals surface area contributed by atoms with Crippen LogP contribution in [-0.2, 0) is 0 Å². The van der Waals surface area contributed by atoms with Gasteiger partial charge < -0.3 is 4.90 Å². The van der Waals surface area contributed by atoms with E-state index < -0.39 is 0 Å². The number of hydrogen-bond acceptors (Lipinski definition) is 6. The molecule has 7 nitrogen and oxygen atoms in total. The van der Waals surface area contributed by atoms with Crippen molar-refractivity contribution in [3.8, 4) is 0 Å². The van der Waals surface area contributed by atoms with Crippen LogP contribution in [0.4, 0.5) is 5.69 Å². The Bertz CT molecular complexity index is 1280. The molecule has 1 amide bonds. The predicted molar refractivity (Wildman–Crippen MR) is 161 cm³/mol. The number of carbonyl (C=O) groups excluding carboxylic acids is 1. The largest absolute Gasteiger partial charge is 0.301 e. The van der Waals surface area contributed by atoms with E-state index in [0.29, 0.717) is 6.54 Å². The van der Waals surface area contributed by atoms with E-state index in [-0.39, 0.29) is 18.2 Å². The lowest BCUT2D eigenvalue weighted by molar-refractivity contribution is 0.0413. The van der Waals surface area contributed by atoms with Crippen LogP contribution in [-0.4, -0.2) is 84.1 Å². The molecule has 3 aromatic rings. The molecule has 3 aromatic carbocycles. The van der Waals surface area contributed by atoms with Gasteiger partial charge in [-0.2, -0.15) is 5.10 Å². The summed E-state index contributed by atoms with van der Waals surface area (Å²) in [5, 5.41) is 6.81. The van der Waals surface area contributed by atoms with E-state index in [1.165, 1.54) is 11.1 Å². The molecule has 0 aliphatic carbocycles. The second-order valence-corrected chi connectivity index (χ2v) is 11.0. The third-order valence-corrected chi connectivity index (χ3v) is 8.40. The number of benzene rings is 3. The van der Waals surface area contributed by atoms with Gasteiger partial charge in [-0.3, -0.25) is 24.5 Å². The number of hydrazone groups is 1. The van der Waals surface area contributed by atoms with Crippen LogP contribution in [0.25, 0.3) is 0 Å². The zero-order valence-corrected chi connectivity index (χ0v) is 23.7. The summed E-state index contributed by atoms with van der Waals surface area (Å²) in [7, 11) is 1.99. The summed E-state index contributed by atoms with van der Waals surface area (Å²) < 4.78 is 0. The lowest BCUT2D eigenvalue weighted by Gasteiger charge is -2.44. The molecule has 6 rings (SSSR count). The zero-order valence-electron chi connectivity index (χ0n) is 23.7. The molecule has 40 heavy (non-hydrogen) atoms. The molecule has 1 unspecified atom stereocenters. The molecular weight excluding hydrogens is 496 g/mol. The fraction of sp³-hybridized carbons (Fsp3) is 0.394. The van der Waals surface area contributed by atoms with Crippen molar-refractivity contribution in [3.05, 3.63) is 102 Å². The van der Waals surface area contributed by atoms with Crippen molar-refractivity contribution < 1.29 is 4.79 Å². The van der Waals surface area contributed by atoms with Gasteiger partial charge in [-0.25, -0.2) is 0 Å². The van der Waals surface area contributed by atoms with Gasteiger partial charge in [0.05, 0.1) is 17.3 Å². The normalized spacial score (nSPS) is 19.7. The number of fused-ring (bicyclic) bond motifs is 3. The number of hydrogen-bond donors (Lipinski definition) is 0. The third-order valence-electron chi connectivity index (χ3n) is 8.40. The Balaban J connectivity index is 1.09. The van der Waals surface area contributed by atoms with Crippen LogP contribution in [0.3, 0.4) is 0 Å². The van der Waals surface area contributed by atoms with E-state index in [1.807, 2.05) is 35.2 Å². The molecule has 3 aliphatic heterocycles. The molecule has 0 saturated carbocycles. The molecule has 1 atom stereocenters.